The predicted molar refractivity (Wildman–Crippen MR) is 187 cm³/mol. The molecule has 0 spiro atoms. The molecule has 1 aliphatic rings. The number of likely N-dealkylation sites (tertiary alicyclic amines) is 1. The van der Waals surface area contributed by atoms with Gasteiger partial charge in [-0.25, -0.2) is 4.79 Å². The number of nitro groups is 1. The SMILES string of the molecule is COC(=O)CCC(=O)N[C@@H](CCCN=C(N)N)C(=O)N1CCC[C@H]1C(=O)N[C@@H](Cc1ccc(O)cc1)C(=O)Nc1ccc([N+](=O)[O-])cc1.O=C(O)C(F)(F)F. The fourth-order valence-corrected chi connectivity index (χ4v) is 5.09. The van der Waals surface area contributed by atoms with Crippen molar-refractivity contribution < 1.29 is 61.8 Å². The number of aromatic hydroxyl groups is 1. The van der Waals surface area contributed by atoms with Crippen molar-refractivity contribution in [1.29, 1.82) is 0 Å². The molecule has 1 aliphatic heterocycles. The average Bonchev–Trinajstić information content (AvgIpc) is 3.62. The molecule has 0 radical (unpaired) electrons. The molecule has 0 aliphatic carbocycles. The molecule has 0 bridgehead atoms. The van der Waals surface area contributed by atoms with Gasteiger partial charge in [-0.05, 0) is 55.5 Å². The molecule has 1 fully saturated rings. The van der Waals surface area contributed by atoms with Crippen molar-refractivity contribution in [2.24, 2.45) is 16.5 Å². The zero-order valence-electron chi connectivity index (χ0n) is 29.4. The molecule has 0 saturated carbocycles. The van der Waals surface area contributed by atoms with Gasteiger partial charge in [0, 0.05) is 43.8 Å². The van der Waals surface area contributed by atoms with Crippen molar-refractivity contribution >= 4 is 52.9 Å². The highest BCUT2D eigenvalue weighted by Gasteiger charge is 2.39. The van der Waals surface area contributed by atoms with Crippen molar-refractivity contribution in [2.45, 2.75) is 69.2 Å². The quantitative estimate of drug-likeness (QED) is 0.0314. The van der Waals surface area contributed by atoms with E-state index in [0.29, 0.717) is 24.8 Å². The van der Waals surface area contributed by atoms with E-state index in [0.717, 1.165) is 0 Å². The van der Waals surface area contributed by atoms with Gasteiger partial charge in [-0.3, -0.25) is 39.1 Å². The maximum atomic E-state index is 13.8. The number of nitrogens with two attached hydrogens (primary N) is 2. The van der Waals surface area contributed by atoms with E-state index < -0.39 is 64.8 Å². The first-order valence-electron chi connectivity index (χ1n) is 16.5. The van der Waals surface area contributed by atoms with Crippen LogP contribution in [0.25, 0.3) is 0 Å². The van der Waals surface area contributed by atoms with Crippen molar-refractivity contribution in [2.75, 3.05) is 25.5 Å². The molecule has 3 rings (SSSR count). The molecule has 300 valence electrons. The number of anilines is 1. The van der Waals surface area contributed by atoms with Gasteiger partial charge in [0.2, 0.25) is 23.6 Å². The third-order valence-electron chi connectivity index (χ3n) is 7.80. The van der Waals surface area contributed by atoms with Gasteiger partial charge >= 0.3 is 18.1 Å². The number of nitrogens with one attached hydrogen (secondary N) is 3. The van der Waals surface area contributed by atoms with Crippen LogP contribution < -0.4 is 27.4 Å². The van der Waals surface area contributed by atoms with Crippen molar-refractivity contribution in [3.63, 3.8) is 0 Å². The number of hydrogen-bond donors (Lipinski definition) is 7. The minimum atomic E-state index is -5.08. The number of halogens is 3. The number of nitrogens with zero attached hydrogens (tertiary/aromatic N) is 3. The number of phenolic OH excluding ortho intramolecular Hbond substituents is 1. The van der Waals surface area contributed by atoms with Crippen LogP contribution in [-0.4, -0.2) is 106 Å². The molecular weight excluding hydrogens is 741 g/mol. The van der Waals surface area contributed by atoms with Crippen LogP contribution in [0.4, 0.5) is 24.5 Å². The normalized spacial score (nSPS) is 14.5. The van der Waals surface area contributed by atoms with E-state index in [1.807, 2.05) is 0 Å². The second-order valence-electron chi connectivity index (χ2n) is 11.9. The smallest absolute Gasteiger partial charge is 0.490 e. The fourth-order valence-electron chi connectivity index (χ4n) is 5.09. The predicted octanol–water partition coefficient (Wildman–Crippen LogP) is 1.08. The number of rotatable bonds is 16. The summed E-state index contributed by atoms with van der Waals surface area (Å²) < 4.78 is 36.3. The van der Waals surface area contributed by atoms with Crippen molar-refractivity contribution in [3.8, 4) is 5.75 Å². The van der Waals surface area contributed by atoms with Gasteiger partial charge < -0.3 is 47.3 Å². The molecule has 0 unspecified atom stereocenters. The molecule has 9 N–H and O–H groups in total. The fraction of sp³-hybridized carbons (Fsp3) is 0.424. The summed E-state index contributed by atoms with van der Waals surface area (Å²) in [7, 11) is 1.20. The number of carbonyl (C=O) groups is 6. The van der Waals surface area contributed by atoms with Crippen LogP contribution in [0.15, 0.2) is 53.5 Å². The lowest BCUT2D eigenvalue weighted by Crippen LogP contribution is -2.56. The van der Waals surface area contributed by atoms with Crippen molar-refractivity contribution in [1.82, 2.24) is 15.5 Å². The van der Waals surface area contributed by atoms with Crippen LogP contribution >= 0.6 is 0 Å². The molecule has 22 heteroatoms. The lowest BCUT2D eigenvalue weighted by Gasteiger charge is -2.30. The summed E-state index contributed by atoms with van der Waals surface area (Å²) in [4.78, 5) is 89.7. The Morgan fingerprint density at radius 1 is 1.02 bits per heavy atom. The number of aliphatic carboxylic acids is 1. The first-order valence-corrected chi connectivity index (χ1v) is 16.5. The molecule has 3 atom stereocenters. The number of benzene rings is 2. The Balaban J connectivity index is 0.00000136. The monoisotopic (exact) mass is 782 g/mol. The number of nitro benzene ring substituents is 1. The highest BCUT2D eigenvalue weighted by Crippen LogP contribution is 2.22. The molecule has 0 aromatic heterocycles. The topological polar surface area (TPSA) is 299 Å². The van der Waals surface area contributed by atoms with Crippen LogP contribution in [0, 0.1) is 10.1 Å². The molecule has 2 aromatic carbocycles. The van der Waals surface area contributed by atoms with E-state index in [9.17, 15) is 52.4 Å². The summed E-state index contributed by atoms with van der Waals surface area (Å²) in [5, 5.41) is 35.9. The standard InChI is InChI=1S/C31H40N8O9.C2HF3O2/c1-48-27(42)15-14-26(41)36-23(4-2-16-34-31(32)33)30(45)38-17-3-5-25(38)29(44)37-24(18-19-6-12-22(40)13-7-19)28(43)35-20-8-10-21(11-9-20)39(46)47;3-2(4,5)1(6)7/h6-13,23-25,40H,2-5,14-18H2,1H3,(H,35,43)(H,36,41)(H,37,44)(H4,32,33,34);(H,6,7)/t23-,24-,25-;/m0./s1. The van der Waals surface area contributed by atoms with Crippen LogP contribution in [0.5, 0.6) is 5.75 Å². The Hall–Kier alpha value is -6.48. The van der Waals surface area contributed by atoms with E-state index in [1.165, 1.54) is 48.4 Å². The number of hydrogen-bond acceptors (Lipinski definition) is 11. The Labute approximate surface area is 311 Å². The molecule has 2 aromatic rings. The Morgan fingerprint density at radius 3 is 2.18 bits per heavy atom. The van der Waals surface area contributed by atoms with Gasteiger partial charge in [-0.15, -0.1) is 0 Å². The number of aliphatic imine (C=N–C) groups is 1. The molecule has 1 saturated heterocycles. The van der Waals surface area contributed by atoms with Crippen molar-refractivity contribution in [3.05, 3.63) is 64.2 Å². The van der Waals surface area contributed by atoms with E-state index in [4.69, 9.17) is 21.4 Å². The third kappa shape index (κ3) is 15.6. The molecule has 4 amide bonds. The highest BCUT2D eigenvalue weighted by molar-refractivity contribution is 5.99. The van der Waals surface area contributed by atoms with Crippen LogP contribution in [0.3, 0.4) is 0 Å². The van der Waals surface area contributed by atoms with Crippen LogP contribution in [-0.2, 0) is 39.9 Å². The average molecular weight is 783 g/mol. The van der Waals surface area contributed by atoms with Gasteiger partial charge in [-0.1, -0.05) is 12.1 Å². The Kier molecular flexibility index (Phi) is 17.3. The number of amides is 4. The number of carbonyl (C=O) groups excluding carboxylic acids is 5. The largest absolute Gasteiger partial charge is 0.508 e. The zero-order chi connectivity index (χ0) is 41.3. The summed E-state index contributed by atoms with van der Waals surface area (Å²) in [5.41, 5.74) is 11.5. The highest BCUT2D eigenvalue weighted by atomic mass is 19.4. The Morgan fingerprint density at radius 2 is 1.64 bits per heavy atom. The van der Waals surface area contributed by atoms with Gasteiger partial charge in [0.1, 0.15) is 23.9 Å². The number of esters is 1. The first kappa shape index (κ1) is 44.7. The molecule has 1 heterocycles. The summed E-state index contributed by atoms with van der Waals surface area (Å²) in [6, 6.07) is 8.10. The number of carboxylic acid groups (broad SMARTS) is 1. The number of guanidine groups is 1. The number of phenols is 1. The number of carboxylic acids is 1. The van der Waals surface area contributed by atoms with E-state index in [-0.39, 0.29) is 61.9 Å². The maximum absolute atomic E-state index is 13.8. The second kappa shape index (κ2) is 21.3. The summed E-state index contributed by atoms with van der Waals surface area (Å²) in [5.74, 6) is -5.75. The van der Waals surface area contributed by atoms with Crippen LogP contribution in [0.1, 0.15) is 44.1 Å². The molecular formula is C33H41F3N8O11. The Bertz CT molecular complexity index is 1700. The van der Waals surface area contributed by atoms with Gasteiger partial charge in [0.25, 0.3) is 5.69 Å². The minimum absolute atomic E-state index is 0.0139. The lowest BCUT2D eigenvalue weighted by molar-refractivity contribution is -0.384. The number of methoxy groups -OCH3 is 1. The second-order valence-corrected chi connectivity index (χ2v) is 11.9. The first-order chi connectivity index (χ1) is 25.8. The lowest BCUT2D eigenvalue weighted by atomic mass is 10.0. The molecule has 19 nitrogen and oxygen atoms in total. The van der Waals surface area contributed by atoms with Gasteiger partial charge in [-0.2, -0.15) is 13.2 Å². The zero-order valence-corrected chi connectivity index (χ0v) is 29.4. The summed E-state index contributed by atoms with van der Waals surface area (Å²) in [6.07, 6.45) is -4.20. The van der Waals surface area contributed by atoms with E-state index in [2.05, 4.69) is 25.7 Å². The maximum Gasteiger partial charge on any atom is 0.490 e. The number of alkyl halides is 3. The summed E-state index contributed by atoms with van der Waals surface area (Å²) >= 11 is 0. The number of ether oxygens (including phenoxy) is 1. The van der Waals surface area contributed by atoms with E-state index >= 15 is 0 Å². The van der Waals surface area contributed by atoms with Gasteiger partial charge in [0.05, 0.1) is 18.5 Å². The minimum Gasteiger partial charge on any atom is -0.508 e. The van der Waals surface area contributed by atoms with Gasteiger partial charge in [0.15, 0.2) is 5.96 Å². The number of non-ortho nitro benzene ring substituents is 1. The van der Waals surface area contributed by atoms with E-state index in [1.54, 1.807) is 12.1 Å². The summed E-state index contributed by atoms with van der Waals surface area (Å²) in [6.45, 7) is 0.411. The van der Waals surface area contributed by atoms with Crippen LogP contribution in [0.2, 0.25) is 0 Å². The molecule has 55 heavy (non-hydrogen) atoms. The third-order valence-corrected chi connectivity index (χ3v) is 7.80.